The number of hydrogen-bond donors (Lipinski definition) is 2. The SMILES string of the molecule is COC(=O)c1ccc(Cl)c(Nc2nccc(C(=O)Nc3ccccc3C)n2)c1. The summed E-state index contributed by atoms with van der Waals surface area (Å²) in [5, 5.41) is 6.10. The minimum absolute atomic E-state index is 0.168. The van der Waals surface area contributed by atoms with Crippen LogP contribution in [0.25, 0.3) is 0 Å². The van der Waals surface area contributed by atoms with Gasteiger partial charge in [-0.2, -0.15) is 0 Å². The lowest BCUT2D eigenvalue weighted by atomic mass is 10.2. The van der Waals surface area contributed by atoms with Gasteiger partial charge in [0.1, 0.15) is 5.69 Å². The second kappa shape index (κ2) is 8.49. The van der Waals surface area contributed by atoms with Gasteiger partial charge in [-0.3, -0.25) is 4.79 Å². The number of aromatic nitrogens is 2. The Kier molecular flexibility index (Phi) is 5.86. The lowest BCUT2D eigenvalue weighted by Gasteiger charge is -2.10. The number of ether oxygens (including phenoxy) is 1. The number of amides is 1. The van der Waals surface area contributed by atoms with Gasteiger partial charge in [-0.25, -0.2) is 14.8 Å². The van der Waals surface area contributed by atoms with Crippen molar-refractivity contribution in [2.45, 2.75) is 6.92 Å². The zero-order valence-electron chi connectivity index (χ0n) is 15.2. The van der Waals surface area contributed by atoms with Crippen LogP contribution >= 0.6 is 11.6 Å². The van der Waals surface area contributed by atoms with E-state index in [1.807, 2.05) is 31.2 Å². The molecule has 1 heterocycles. The summed E-state index contributed by atoms with van der Waals surface area (Å²) in [5.74, 6) is -0.692. The van der Waals surface area contributed by atoms with Crippen LogP contribution in [0.5, 0.6) is 0 Å². The van der Waals surface area contributed by atoms with Gasteiger partial charge < -0.3 is 15.4 Å². The molecule has 142 valence electrons. The van der Waals surface area contributed by atoms with Crippen LogP contribution in [0.2, 0.25) is 5.02 Å². The van der Waals surface area contributed by atoms with Gasteiger partial charge in [0.15, 0.2) is 0 Å². The molecule has 0 bridgehead atoms. The minimum Gasteiger partial charge on any atom is -0.465 e. The molecule has 0 atom stereocenters. The molecule has 7 nitrogen and oxygen atoms in total. The molecule has 28 heavy (non-hydrogen) atoms. The molecule has 1 amide bonds. The Balaban J connectivity index is 1.81. The summed E-state index contributed by atoms with van der Waals surface area (Å²) < 4.78 is 4.70. The van der Waals surface area contributed by atoms with E-state index in [0.29, 0.717) is 22.0 Å². The van der Waals surface area contributed by atoms with Crippen LogP contribution < -0.4 is 10.6 Å². The van der Waals surface area contributed by atoms with Crippen molar-refractivity contribution in [1.29, 1.82) is 0 Å². The predicted octanol–water partition coefficient (Wildman–Crippen LogP) is 4.22. The van der Waals surface area contributed by atoms with Gasteiger partial charge in [-0.05, 0) is 42.8 Å². The molecule has 0 saturated heterocycles. The number of carbonyl (C=O) groups excluding carboxylic acids is 2. The summed E-state index contributed by atoms with van der Waals surface area (Å²) in [6.07, 6.45) is 1.46. The van der Waals surface area contributed by atoms with Gasteiger partial charge in [-0.15, -0.1) is 0 Å². The number of anilines is 3. The van der Waals surface area contributed by atoms with Crippen LogP contribution in [-0.4, -0.2) is 29.0 Å². The molecule has 3 aromatic rings. The van der Waals surface area contributed by atoms with E-state index in [2.05, 4.69) is 20.6 Å². The van der Waals surface area contributed by atoms with Crippen molar-refractivity contribution >= 4 is 40.8 Å². The predicted molar refractivity (Wildman–Crippen MR) is 107 cm³/mol. The standard InChI is InChI=1S/C20H17ClN4O3/c1-12-5-3-4-6-15(12)23-18(26)16-9-10-22-20(24-16)25-17-11-13(19(27)28-2)7-8-14(17)21/h3-11H,1-2H3,(H,23,26)(H,22,24,25). The fraction of sp³-hybridized carbons (Fsp3) is 0.100. The Morgan fingerprint density at radius 1 is 1.07 bits per heavy atom. The number of methoxy groups -OCH3 is 1. The maximum Gasteiger partial charge on any atom is 0.337 e. The first-order chi connectivity index (χ1) is 13.5. The monoisotopic (exact) mass is 396 g/mol. The van der Waals surface area contributed by atoms with Crippen molar-refractivity contribution in [2.75, 3.05) is 17.7 Å². The lowest BCUT2D eigenvalue weighted by Crippen LogP contribution is -2.15. The van der Waals surface area contributed by atoms with Crippen LogP contribution in [0, 0.1) is 6.92 Å². The first-order valence-electron chi connectivity index (χ1n) is 8.33. The van der Waals surface area contributed by atoms with Crippen LogP contribution in [0.3, 0.4) is 0 Å². The normalized spacial score (nSPS) is 10.2. The van der Waals surface area contributed by atoms with E-state index in [-0.39, 0.29) is 17.5 Å². The number of halogens is 1. The average molecular weight is 397 g/mol. The fourth-order valence-corrected chi connectivity index (χ4v) is 2.60. The van der Waals surface area contributed by atoms with Crippen LogP contribution in [0.15, 0.2) is 54.7 Å². The second-order valence-electron chi connectivity index (χ2n) is 5.85. The molecule has 0 aliphatic carbocycles. The van der Waals surface area contributed by atoms with Gasteiger partial charge in [0.2, 0.25) is 5.95 Å². The van der Waals surface area contributed by atoms with E-state index < -0.39 is 5.97 Å². The first kappa shape index (κ1) is 19.3. The van der Waals surface area contributed by atoms with Crippen molar-refractivity contribution in [3.8, 4) is 0 Å². The number of hydrogen-bond acceptors (Lipinski definition) is 6. The maximum atomic E-state index is 12.5. The smallest absolute Gasteiger partial charge is 0.337 e. The van der Waals surface area contributed by atoms with Crippen molar-refractivity contribution in [1.82, 2.24) is 9.97 Å². The zero-order chi connectivity index (χ0) is 20.1. The summed E-state index contributed by atoms with van der Waals surface area (Å²) in [6, 6.07) is 13.6. The van der Waals surface area contributed by atoms with E-state index in [4.69, 9.17) is 16.3 Å². The number of nitrogens with zero attached hydrogens (tertiary/aromatic N) is 2. The number of nitrogens with one attached hydrogen (secondary N) is 2. The average Bonchev–Trinajstić information content (AvgIpc) is 2.71. The quantitative estimate of drug-likeness (QED) is 0.627. The molecule has 0 saturated carbocycles. The molecule has 2 aromatic carbocycles. The summed E-state index contributed by atoms with van der Waals surface area (Å²) >= 11 is 6.17. The van der Waals surface area contributed by atoms with E-state index in [9.17, 15) is 9.59 Å². The summed E-state index contributed by atoms with van der Waals surface area (Å²) in [6.45, 7) is 1.90. The molecule has 0 spiro atoms. The Morgan fingerprint density at radius 2 is 1.86 bits per heavy atom. The third kappa shape index (κ3) is 4.44. The molecule has 3 rings (SSSR count). The maximum absolute atomic E-state index is 12.5. The number of para-hydroxylation sites is 1. The van der Waals surface area contributed by atoms with Crippen molar-refractivity contribution in [2.24, 2.45) is 0 Å². The van der Waals surface area contributed by atoms with Gasteiger partial charge in [-0.1, -0.05) is 29.8 Å². The number of esters is 1. The highest BCUT2D eigenvalue weighted by molar-refractivity contribution is 6.33. The van der Waals surface area contributed by atoms with Gasteiger partial charge in [0.25, 0.3) is 5.91 Å². The first-order valence-corrected chi connectivity index (χ1v) is 8.70. The molecule has 2 N–H and O–H groups in total. The van der Waals surface area contributed by atoms with Crippen LogP contribution in [0.4, 0.5) is 17.3 Å². The zero-order valence-corrected chi connectivity index (χ0v) is 15.9. The van der Waals surface area contributed by atoms with Gasteiger partial charge >= 0.3 is 5.97 Å². The van der Waals surface area contributed by atoms with Gasteiger partial charge in [0, 0.05) is 11.9 Å². The fourth-order valence-electron chi connectivity index (χ4n) is 2.43. The van der Waals surface area contributed by atoms with Crippen LogP contribution in [-0.2, 0) is 4.74 Å². The van der Waals surface area contributed by atoms with Gasteiger partial charge in [0.05, 0.1) is 23.4 Å². The molecule has 8 heteroatoms. The van der Waals surface area contributed by atoms with Crippen molar-refractivity contribution in [3.63, 3.8) is 0 Å². The van der Waals surface area contributed by atoms with Crippen molar-refractivity contribution in [3.05, 3.63) is 76.6 Å². The highest BCUT2D eigenvalue weighted by atomic mass is 35.5. The molecule has 0 unspecified atom stereocenters. The molecule has 0 aliphatic heterocycles. The molecule has 0 aliphatic rings. The number of rotatable bonds is 5. The molecular weight excluding hydrogens is 380 g/mol. The lowest BCUT2D eigenvalue weighted by molar-refractivity contribution is 0.0600. The van der Waals surface area contributed by atoms with E-state index >= 15 is 0 Å². The minimum atomic E-state index is -0.494. The molecular formula is C20H17ClN4O3. The number of carbonyl (C=O) groups is 2. The van der Waals surface area contributed by atoms with Crippen LogP contribution in [0.1, 0.15) is 26.4 Å². The summed E-state index contributed by atoms with van der Waals surface area (Å²) in [5.41, 5.74) is 2.56. The second-order valence-corrected chi connectivity index (χ2v) is 6.25. The summed E-state index contributed by atoms with van der Waals surface area (Å²) in [4.78, 5) is 32.5. The molecule has 1 aromatic heterocycles. The largest absolute Gasteiger partial charge is 0.465 e. The highest BCUT2D eigenvalue weighted by Crippen LogP contribution is 2.26. The summed E-state index contributed by atoms with van der Waals surface area (Å²) in [7, 11) is 1.30. The van der Waals surface area contributed by atoms with E-state index in [1.54, 1.807) is 12.1 Å². The van der Waals surface area contributed by atoms with E-state index in [0.717, 1.165) is 5.56 Å². The third-order valence-electron chi connectivity index (χ3n) is 3.92. The number of benzene rings is 2. The Hall–Kier alpha value is -3.45. The van der Waals surface area contributed by atoms with E-state index in [1.165, 1.54) is 25.4 Å². The third-order valence-corrected chi connectivity index (χ3v) is 4.25. The Labute approximate surface area is 166 Å². The topological polar surface area (TPSA) is 93.2 Å². The highest BCUT2D eigenvalue weighted by Gasteiger charge is 2.13. The molecule has 0 fully saturated rings. The Morgan fingerprint density at radius 3 is 2.61 bits per heavy atom. The molecule has 0 radical (unpaired) electrons. The van der Waals surface area contributed by atoms with Crippen molar-refractivity contribution < 1.29 is 14.3 Å². The number of aryl methyl sites for hydroxylation is 1. The Bertz CT molecular complexity index is 1040.